The van der Waals surface area contributed by atoms with Crippen molar-refractivity contribution >= 4 is 28.9 Å². The van der Waals surface area contributed by atoms with Gasteiger partial charge in [-0.05, 0) is 64.2 Å². The lowest BCUT2D eigenvalue weighted by Gasteiger charge is -2.37. The molecule has 8 heterocycles. The largest absolute Gasteiger partial charge is 0.433 e. The van der Waals surface area contributed by atoms with Gasteiger partial charge in [0.15, 0.2) is 11.6 Å². The molecule has 4 aliphatic rings. The van der Waals surface area contributed by atoms with E-state index in [4.69, 9.17) is 10.2 Å². The van der Waals surface area contributed by atoms with Gasteiger partial charge in [-0.15, -0.1) is 0 Å². The summed E-state index contributed by atoms with van der Waals surface area (Å²) >= 11 is 0. The summed E-state index contributed by atoms with van der Waals surface area (Å²) in [4.78, 5) is 28.0. The molecule has 18 heteroatoms. The third-order valence-electron chi connectivity index (χ3n) is 12.0. The Morgan fingerprint density at radius 1 is 0.860 bits per heavy atom. The van der Waals surface area contributed by atoms with Gasteiger partial charge in [0.25, 0.3) is 0 Å². The van der Waals surface area contributed by atoms with Crippen molar-refractivity contribution in [3.05, 3.63) is 69.6 Å². The monoisotopic (exact) mass is 800 g/mol. The van der Waals surface area contributed by atoms with Crippen molar-refractivity contribution in [3.63, 3.8) is 0 Å². The fraction of sp³-hybridized carbons (Fsp3) is 0.564. The van der Waals surface area contributed by atoms with Crippen molar-refractivity contribution in [3.8, 4) is 0 Å². The number of aliphatic hydroxyl groups excluding tert-OH is 1. The van der Waals surface area contributed by atoms with Crippen LogP contribution in [0.4, 0.5) is 49.4 Å². The molecule has 8 rings (SSSR count). The summed E-state index contributed by atoms with van der Waals surface area (Å²) in [6, 6.07) is 1.95. The van der Waals surface area contributed by atoms with Crippen LogP contribution in [0.15, 0.2) is 24.5 Å². The van der Waals surface area contributed by atoms with Crippen LogP contribution in [-0.4, -0.2) is 82.7 Å². The Kier molecular flexibility index (Phi) is 10.0. The van der Waals surface area contributed by atoms with E-state index in [0.29, 0.717) is 112 Å². The Hall–Kier alpha value is -4.71. The molecule has 0 radical (unpaired) electrons. The van der Waals surface area contributed by atoms with E-state index >= 15 is 0 Å². The molecule has 4 aromatic rings. The molecule has 4 aliphatic heterocycles. The Balaban J connectivity index is 1.16. The van der Waals surface area contributed by atoms with Gasteiger partial charge in [-0.3, -0.25) is 29.0 Å². The quantitative estimate of drug-likeness (QED) is 0.200. The van der Waals surface area contributed by atoms with Crippen molar-refractivity contribution in [2.75, 3.05) is 36.0 Å². The van der Waals surface area contributed by atoms with E-state index in [2.05, 4.69) is 9.97 Å². The second-order valence-corrected chi connectivity index (χ2v) is 15.6. The average Bonchev–Trinajstić information content (AvgIpc) is 3.74. The Morgan fingerprint density at radius 2 is 1.58 bits per heavy atom. The highest BCUT2D eigenvalue weighted by Crippen LogP contribution is 2.47. The number of fused-ring (bicyclic) bond motifs is 4. The van der Waals surface area contributed by atoms with Gasteiger partial charge in [-0.2, -0.15) is 36.5 Å². The highest BCUT2D eigenvalue weighted by atomic mass is 19.4. The second kappa shape index (κ2) is 14.6. The number of pyridine rings is 2. The number of alkyl halides is 6. The van der Waals surface area contributed by atoms with Crippen LogP contribution in [-0.2, 0) is 56.0 Å². The molecule has 1 N–H and O–H groups in total. The minimum atomic E-state index is -4.63. The SMILES string of the molecule is CCn1nc(N2CCC(CC(C)n3nc(N4CCCc5cnc(C(F)(F)F)cc54)c4c3CCN(C(C)=O)C4)c3ncc(C(F)(F)F)cc32)c2c1CCN(C(C)O)C2. The lowest BCUT2D eigenvalue weighted by Crippen LogP contribution is -2.38. The predicted octanol–water partition coefficient (Wildman–Crippen LogP) is 6.89. The smallest absolute Gasteiger partial charge is 0.379 e. The van der Waals surface area contributed by atoms with Crippen molar-refractivity contribution in [2.24, 2.45) is 0 Å². The van der Waals surface area contributed by atoms with Gasteiger partial charge in [-0.25, -0.2) is 0 Å². The Bertz CT molecular complexity index is 2180. The van der Waals surface area contributed by atoms with Crippen LogP contribution in [0.1, 0.15) is 104 Å². The number of rotatable bonds is 7. The van der Waals surface area contributed by atoms with Crippen LogP contribution in [0.2, 0.25) is 0 Å². The van der Waals surface area contributed by atoms with E-state index in [-0.39, 0.29) is 24.4 Å². The molecule has 3 atom stereocenters. The van der Waals surface area contributed by atoms with Gasteiger partial charge in [0.05, 0.1) is 29.5 Å². The summed E-state index contributed by atoms with van der Waals surface area (Å²) in [5.41, 5.74) is 3.61. The van der Waals surface area contributed by atoms with Gasteiger partial charge >= 0.3 is 12.4 Å². The molecule has 4 aromatic heterocycles. The zero-order valence-corrected chi connectivity index (χ0v) is 32.3. The number of halogens is 6. The number of nitrogens with zero attached hydrogens (tertiary/aromatic N) is 10. The van der Waals surface area contributed by atoms with Crippen molar-refractivity contribution in [2.45, 2.75) is 116 Å². The van der Waals surface area contributed by atoms with Crippen molar-refractivity contribution in [1.29, 1.82) is 0 Å². The summed E-state index contributed by atoms with van der Waals surface area (Å²) in [6.07, 6.45) is -4.39. The van der Waals surface area contributed by atoms with E-state index in [1.54, 1.807) is 11.8 Å². The second-order valence-electron chi connectivity index (χ2n) is 15.6. The zero-order valence-electron chi connectivity index (χ0n) is 32.3. The number of carbonyl (C=O) groups excluding carboxylic acids is 1. The number of hydrogen-bond acceptors (Lipinski definition) is 9. The first-order valence-electron chi connectivity index (χ1n) is 19.6. The number of aliphatic hydroxyl groups is 1. The average molecular weight is 801 g/mol. The zero-order chi connectivity index (χ0) is 40.6. The first-order valence-corrected chi connectivity index (χ1v) is 19.6. The van der Waals surface area contributed by atoms with Crippen LogP contribution >= 0.6 is 0 Å². The molecule has 0 spiro atoms. The maximum absolute atomic E-state index is 14.2. The van der Waals surface area contributed by atoms with Gasteiger partial charge in [0, 0.05) is 106 Å². The molecule has 306 valence electrons. The van der Waals surface area contributed by atoms with E-state index in [1.165, 1.54) is 13.1 Å². The van der Waals surface area contributed by atoms with Crippen LogP contribution < -0.4 is 9.80 Å². The topological polar surface area (TPSA) is 112 Å². The van der Waals surface area contributed by atoms with Crippen molar-refractivity contribution < 1.29 is 36.2 Å². The number of amides is 1. The van der Waals surface area contributed by atoms with Crippen LogP contribution in [0.25, 0.3) is 0 Å². The summed E-state index contributed by atoms with van der Waals surface area (Å²) in [5.74, 6) is 0.681. The number of aromatic nitrogens is 6. The lowest BCUT2D eigenvalue weighted by molar-refractivity contribution is -0.141. The first kappa shape index (κ1) is 39.1. The lowest BCUT2D eigenvalue weighted by atomic mass is 9.88. The summed E-state index contributed by atoms with van der Waals surface area (Å²) in [6.45, 7) is 10.3. The standard InChI is InChI=1S/C39H46F6N10O2/c1-5-54-30-9-12-50(23(3)56)20-28(30)36(48-54)53-14-8-25(35-33(53)16-27(19-47-35)38(40,41)42)15-22(2)55-31-10-13-51(24(4)57)21-29(31)37(49-55)52-11-6-7-26-18-46-34(17-32(26)52)39(43,44)45/h16-19,22-23,25,56H,5-15,20-21H2,1-4H3. The van der Waals surface area contributed by atoms with Crippen molar-refractivity contribution in [1.82, 2.24) is 39.3 Å². The fourth-order valence-corrected chi connectivity index (χ4v) is 9.06. The molecule has 12 nitrogen and oxygen atoms in total. The first-order chi connectivity index (χ1) is 27.0. The number of hydrogen-bond donors (Lipinski definition) is 1. The summed E-state index contributed by atoms with van der Waals surface area (Å²) < 4.78 is 88.1. The Morgan fingerprint density at radius 3 is 2.28 bits per heavy atom. The van der Waals surface area contributed by atoms with E-state index < -0.39 is 29.8 Å². The molecule has 1 amide bonds. The molecule has 3 unspecified atom stereocenters. The minimum Gasteiger partial charge on any atom is -0.379 e. The van der Waals surface area contributed by atoms with Crippen LogP contribution in [0.5, 0.6) is 0 Å². The highest BCUT2D eigenvalue weighted by Gasteiger charge is 2.40. The highest BCUT2D eigenvalue weighted by molar-refractivity contribution is 5.75. The molecule has 57 heavy (non-hydrogen) atoms. The summed E-state index contributed by atoms with van der Waals surface area (Å²) in [7, 11) is 0. The van der Waals surface area contributed by atoms with Crippen LogP contribution in [0, 0.1) is 0 Å². The minimum absolute atomic E-state index is 0.119. The third-order valence-corrected chi connectivity index (χ3v) is 12.0. The Labute approximate surface area is 326 Å². The molecular weight excluding hydrogens is 754 g/mol. The molecule has 0 aromatic carbocycles. The number of anilines is 4. The third kappa shape index (κ3) is 7.12. The predicted molar refractivity (Wildman–Crippen MR) is 198 cm³/mol. The maximum Gasteiger partial charge on any atom is 0.433 e. The normalized spacial score (nSPS) is 19.8. The van der Waals surface area contributed by atoms with E-state index in [1.807, 2.05) is 37.9 Å². The van der Waals surface area contributed by atoms with Crippen LogP contribution in [0.3, 0.4) is 0 Å². The van der Waals surface area contributed by atoms with E-state index in [0.717, 1.165) is 40.8 Å². The molecule has 0 fully saturated rings. The van der Waals surface area contributed by atoms with Gasteiger partial charge in [-0.1, -0.05) is 0 Å². The molecular formula is C39H46F6N10O2. The maximum atomic E-state index is 14.2. The molecule has 0 saturated carbocycles. The fourth-order valence-electron chi connectivity index (χ4n) is 9.06. The number of aryl methyl sites for hydroxylation is 2. The van der Waals surface area contributed by atoms with Gasteiger partial charge in [0.1, 0.15) is 11.9 Å². The van der Waals surface area contributed by atoms with Gasteiger partial charge in [0.2, 0.25) is 5.91 Å². The molecule has 0 aliphatic carbocycles. The molecule has 0 saturated heterocycles. The van der Waals surface area contributed by atoms with E-state index in [9.17, 15) is 36.2 Å². The van der Waals surface area contributed by atoms with Gasteiger partial charge < -0.3 is 19.8 Å². The summed E-state index contributed by atoms with van der Waals surface area (Å²) in [5, 5.41) is 20.4. The molecule has 0 bridgehead atoms. The number of carbonyl (C=O) groups is 1.